The van der Waals surface area contributed by atoms with Crippen LogP contribution in [0.2, 0.25) is 0 Å². The molecule has 3 heteroatoms. The molecule has 0 saturated carbocycles. The Labute approximate surface area is 117 Å². The molecule has 0 nitrogen and oxygen atoms in total. The number of hydrogen-bond donors (Lipinski definition) is 0. The quantitative estimate of drug-likeness (QED) is 0.633. The molecule has 0 aromatic heterocycles. The van der Waals surface area contributed by atoms with Crippen LogP contribution in [-0.4, -0.2) is 0 Å². The molecule has 17 heavy (non-hydrogen) atoms. The summed E-state index contributed by atoms with van der Waals surface area (Å²) in [5, 5.41) is 0. The van der Waals surface area contributed by atoms with Crippen molar-refractivity contribution in [1.82, 2.24) is 0 Å². The molecule has 2 aromatic carbocycles. The standard InChI is InChI=1S/C14H11Br2F/c1-9-2-7-12(17)8-13(9)14(16)10-3-5-11(15)6-4-10/h2-8,14H,1H3. The summed E-state index contributed by atoms with van der Waals surface area (Å²) < 4.78 is 14.3. The van der Waals surface area contributed by atoms with Gasteiger partial charge in [-0.05, 0) is 47.9 Å². The van der Waals surface area contributed by atoms with Crippen molar-refractivity contribution >= 4 is 31.9 Å². The lowest BCUT2D eigenvalue weighted by Crippen LogP contribution is -1.96. The molecule has 0 aliphatic rings. The van der Waals surface area contributed by atoms with Gasteiger partial charge in [0.25, 0.3) is 0 Å². The molecular weight excluding hydrogens is 347 g/mol. The van der Waals surface area contributed by atoms with Gasteiger partial charge >= 0.3 is 0 Å². The molecule has 0 fully saturated rings. The van der Waals surface area contributed by atoms with Crippen molar-refractivity contribution in [2.45, 2.75) is 11.8 Å². The van der Waals surface area contributed by atoms with Crippen molar-refractivity contribution in [3.8, 4) is 0 Å². The summed E-state index contributed by atoms with van der Waals surface area (Å²) in [6.07, 6.45) is 0. The fourth-order valence-electron chi connectivity index (χ4n) is 1.70. The van der Waals surface area contributed by atoms with E-state index in [0.29, 0.717) is 0 Å². The number of alkyl halides is 1. The van der Waals surface area contributed by atoms with E-state index in [-0.39, 0.29) is 10.6 Å². The molecule has 1 atom stereocenters. The first kappa shape index (κ1) is 12.8. The van der Waals surface area contributed by atoms with Crippen LogP contribution in [0.3, 0.4) is 0 Å². The van der Waals surface area contributed by atoms with Crippen molar-refractivity contribution in [3.63, 3.8) is 0 Å². The maximum absolute atomic E-state index is 13.3. The summed E-state index contributed by atoms with van der Waals surface area (Å²) in [4.78, 5) is 0.0197. The summed E-state index contributed by atoms with van der Waals surface area (Å²) in [5.41, 5.74) is 3.16. The lowest BCUT2D eigenvalue weighted by Gasteiger charge is -2.13. The topological polar surface area (TPSA) is 0 Å². The molecule has 0 saturated heterocycles. The van der Waals surface area contributed by atoms with Crippen molar-refractivity contribution in [2.75, 3.05) is 0 Å². The van der Waals surface area contributed by atoms with E-state index in [1.165, 1.54) is 6.07 Å². The summed E-state index contributed by atoms with van der Waals surface area (Å²) in [5.74, 6) is -0.202. The van der Waals surface area contributed by atoms with Crippen molar-refractivity contribution < 1.29 is 4.39 Å². The average molecular weight is 358 g/mol. The normalized spacial score (nSPS) is 12.5. The van der Waals surface area contributed by atoms with Gasteiger partial charge < -0.3 is 0 Å². The molecule has 88 valence electrons. The third kappa shape index (κ3) is 2.96. The van der Waals surface area contributed by atoms with Gasteiger partial charge in [0.15, 0.2) is 0 Å². The first-order valence-corrected chi connectivity index (χ1v) is 6.94. The highest BCUT2D eigenvalue weighted by molar-refractivity contribution is 9.10. The molecule has 2 aromatic rings. The van der Waals surface area contributed by atoms with Gasteiger partial charge in [-0.3, -0.25) is 0 Å². The van der Waals surface area contributed by atoms with Crippen LogP contribution in [0.4, 0.5) is 4.39 Å². The van der Waals surface area contributed by atoms with Crippen LogP contribution in [0, 0.1) is 12.7 Å². The lowest BCUT2D eigenvalue weighted by atomic mass is 10.0. The van der Waals surface area contributed by atoms with Crippen LogP contribution in [0.15, 0.2) is 46.9 Å². The van der Waals surface area contributed by atoms with Crippen molar-refractivity contribution in [2.24, 2.45) is 0 Å². The number of aryl methyl sites for hydroxylation is 1. The molecular formula is C14H11Br2F. The van der Waals surface area contributed by atoms with Crippen LogP contribution >= 0.6 is 31.9 Å². The summed E-state index contributed by atoms with van der Waals surface area (Å²) in [6.45, 7) is 1.99. The van der Waals surface area contributed by atoms with E-state index in [1.807, 2.05) is 31.2 Å². The Balaban J connectivity index is 2.39. The summed E-state index contributed by atoms with van der Waals surface area (Å²) in [7, 11) is 0. The molecule has 0 spiro atoms. The second-order valence-corrected chi connectivity index (χ2v) is 5.75. The Morgan fingerprint density at radius 3 is 2.35 bits per heavy atom. The van der Waals surface area contributed by atoms with Gasteiger partial charge in [-0.25, -0.2) is 4.39 Å². The van der Waals surface area contributed by atoms with Gasteiger partial charge in [0.2, 0.25) is 0 Å². The Bertz CT molecular complexity index is 520. The van der Waals surface area contributed by atoms with Crippen LogP contribution in [0.25, 0.3) is 0 Å². The van der Waals surface area contributed by atoms with Crippen LogP contribution in [-0.2, 0) is 0 Å². The number of rotatable bonds is 2. The van der Waals surface area contributed by atoms with E-state index in [9.17, 15) is 4.39 Å². The van der Waals surface area contributed by atoms with Gasteiger partial charge in [-0.2, -0.15) is 0 Å². The molecule has 0 aliphatic carbocycles. The third-order valence-electron chi connectivity index (χ3n) is 2.68. The Morgan fingerprint density at radius 2 is 1.71 bits per heavy atom. The molecule has 1 unspecified atom stereocenters. The van der Waals surface area contributed by atoms with Crippen LogP contribution < -0.4 is 0 Å². The van der Waals surface area contributed by atoms with E-state index >= 15 is 0 Å². The number of benzene rings is 2. The first-order valence-electron chi connectivity index (χ1n) is 5.23. The average Bonchev–Trinajstić information content (AvgIpc) is 2.32. The SMILES string of the molecule is Cc1ccc(F)cc1C(Br)c1ccc(Br)cc1. The van der Waals surface area contributed by atoms with Crippen LogP contribution in [0.1, 0.15) is 21.5 Å². The molecule has 0 heterocycles. The van der Waals surface area contributed by atoms with Gasteiger partial charge in [0, 0.05) is 4.47 Å². The van der Waals surface area contributed by atoms with E-state index in [0.717, 1.165) is 21.2 Å². The van der Waals surface area contributed by atoms with Crippen LogP contribution in [0.5, 0.6) is 0 Å². The molecule has 2 rings (SSSR count). The minimum atomic E-state index is -0.202. The zero-order valence-corrected chi connectivity index (χ0v) is 12.4. The highest BCUT2D eigenvalue weighted by atomic mass is 79.9. The van der Waals surface area contributed by atoms with Gasteiger partial charge in [-0.1, -0.05) is 50.1 Å². The predicted molar refractivity (Wildman–Crippen MR) is 76.0 cm³/mol. The third-order valence-corrected chi connectivity index (χ3v) is 4.23. The van der Waals surface area contributed by atoms with Gasteiger partial charge in [0.1, 0.15) is 5.82 Å². The van der Waals surface area contributed by atoms with Crippen molar-refractivity contribution in [3.05, 3.63) is 69.4 Å². The molecule has 0 aliphatic heterocycles. The number of halogens is 3. The lowest BCUT2D eigenvalue weighted by molar-refractivity contribution is 0.625. The smallest absolute Gasteiger partial charge is 0.123 e. The minimum absolute atomic E-state index is 0.0197. The monoisotopic (exact) mass is 356 g/mol. The highest BCUT2D eigenvalue weighted by Crippen LogP contribution is 2.33. The largest absolute Gasteiger partial charge is 0.207 e. The fourth-order valence-corrected chi connectivity index (χ4v) is 2.76. The molecule has 0 N–H and O–H groups in total. The van der Waals surface area contributed by atoms with E-state index in [4.69, 9.17) is 0 Å². The fraction of sp³-hybridized carbons (Fsp3) is 0.143. The highest BCUT2D eigenvalue weighted by Gasteiger charge is 2.13. The van der Waals surface area contributed by atoms with Crippen molar-refractivity contribution in [1.29, 1.82) is 0 Å². The zero-order chi connectivity index (χ0) is 12.4. The van der Waals surface area contributed by atoms with E-state index in [1.54, 1.807) is 12.1 Å². The second-order valence-electron chi connectivity index (χ2n) is 3.92. The van der Waals surface area contributed by atoms with E-state index in [2.05, 4.69) is 31.9 Å². The second kappa shape index (κ2) is 5.32. The van der Waals surface area contributed by atoms with Gasteiger partial charge in [0.05, 0.1) is 4.83 Å². The Morgan fingerprint density at radius 1 is 1.06 bits per heavy atom. The molecule has 0 bridgehead atoms. The predicted octanol–water partition coefficient (Wildman–Crippen LogP) is 5.38. The maximum Gasteiger partial charge on any atom is 0.123 e. The molecule has 0 radical (unpaired) electrons. The Hall–Kier alpha value is -0.670. The Kier molecular flexibility index (Phi) is 4.00. The first-order chi connectivity index (χ1) is 8.08. The summed E-state index contributed by atoms with van der Waals surface area (Å²) in [6, 6.07) is 12.9. The maximum atomic E-state index is 13.3. The molecule has 0 amide bonds. The summed E-state index contributed by atoms with van der Waals surface area (Å²) >= 11 is 7.02. The number of hydrogen-bond acceptors (Lipinski definition) is 0. The van der Waals surface area contributed by atoms with E-state index < -0.39 is 0 Å². The van der Waals surface area contributed by atoms with Gasteiger partial charge in [-0.15, -0.1) is 0 Å². The minimum Gasteiger partial charge on any atom is -0.207 e. The zero-order valence-electron chi connectivity index (χ0n) is 9.25.